The van der Waals surface area contributed by atoms with Crippen molar-refractivity contribution in [1.29, 1.82) is 0 Å². The number of allylic oxidation sites excluding steroid dienone is 1. The van der Waals surface area contributed by atoms with Crippen LogP contribution in [0.5, 0.6) is 0 Å². The monoisotopic (exact) mass is 695 g/mol. The quantitative estimate of drug-likeness (QED) is 0.136. The van der Waals surface area contributed by atoms with E-state index in [0.29, 0.717) is 11.1 Å². The average Bonchev–Trinajstić information content (AvgIpc) is 3.91. The summed E-state index contributed by atoms with van der Waals surface area (Å²) in [5.74, 6) is -0.407. The molecule has 53 heavy (non-hydrogen) atoms. The van der Waals surface area contributed by atoms with Crippen LogP contribution < -0.4 is 4.90 Å². The number of anilines is 3. The lowest BCUT2D eigenvalue weighted by Crippen LogP contribution is -2.26. The molecule has 0 aliphatic heterocycles. The summed E-state index contributed by atoms with van der Waals surface area (Å²) in [6.45, 7) is 0. The standard InChI is InChI=1S/C49H29NO2S/c51-46-38-18-6-7-19-39(38)47(52)41(46)28-35-29-45-48(53-35)40-25-24-34(27-44(40)49(45)42-20-10-8-16-36(42)37-17-9-11-21-43(37)49)50(32-14-2-1-3-15-32)33-23-22-30-12-4-5-13-31(30)26-33/h1-29H. The molecule has 0 saturated heterocycles. The predicted molar refractivity (Wildman–Crippen MR) is 216 cm³/mol. The molecule has 1 aromatic heterocycles. The van der Waals surface area contributed by atoms with Crippen LogP contribution in [0.25, 0.3) is 38.4 Å². The normalized spacial score (nSPS) is 14.2. The van der Waals surface area contributed by atoms with Crippen LogP contribution in [0.15, 0.2) is 175 Å². The van der Waals surface area contributed by atoms with Crippen molar-refractivity contribution < 1.29 is 9.59 Å². The van der Waals surface area contributed by atoms with E-state index < -0.39 is 5.41 Å². The SMILES string of the molecule is O=C1C(=Cc2cc3c(s2)-c2ccc(N(c4ccccc4)c4ccc5ccccc5c4)cc2C32c3ccccc3-c3ccccc32)C(=O)c2ccccc21. The predicted octanol–water partition coefficient (Wildman–Crippen LogP) is 12.2. The number of benzene rings is 7. The Morgan fingerprint density at radius 2 is 1.00 bits per heavy atom. The van der Waals surface area contributed by atoms with Gasteiger partial charge in [0.05, 0.1) is 11.0 Å². The van der Waals surface area contributed by atoms with Crippen LogP contribution >= 0.6 is 11.3 Å². The van der Waals surface area contributed by atoms with Gasteiger partial charge in [0.15, 0.2) is 11.6 Å². The van der Waals surface area contributed by atoms with Gasteiger partial charge in [-0.3, -0.25) is 9.59 Å². The van der Waals surface area contributed by atoms with Gasteiger partial charge in [-0.15, -0.1) is 11.3 Å². The van der Waals surface area contributed by atoms with E-state index in [0.717, 1.165) is 26.8 Å². The van der Waals surface area contributed by atoms with Crippen molar-refractivity contribution in [3.8, 4) is 21.6 Å². The summed E-state index contributed by atoms with van der Waals surface area (Å²) in [6, 6.07) is 59.5. The van der Waals surface area contributed by atoms with E-state index in [-0.39, 0.29) is 17.1 Å². The van der Waals surface area contributed by atoms with E-state index in [1.807, 2.05) is 18.2 Å². The van der Waals surface area contributed by atoms with Gasteiger partial charge in [-0.1, -0.05) is 127 Å². The lowest BCUT2D eigenvalue weighted by molar-refractivity contribution is 0.0990. The zero-order valence-corrected chi connectivity index (χ0v) is 29.2. The molecule has 0 fully saturated rings. The Labute approximate surface area is 310 Å². The van der Waals surface area contributed by atoms with E-state index >= 15 is 0 Å². The molecule has 248 valence electrons. The van der Waals surface area contributed by atoms with Gasteiger partial charge in [-0.2, -0.15) is 0 Å². The minimum Gasteiger partial charge on any atom is -0.310 e. The third-order valence-electron chi connectivity index (χ3n) is 11.2. The van der Waals surface area contributed by atoms with E-state index in [1.54, 1.807) is 23.5 Å². The fraction of sp³-hybridized carbons (Fsp3) is 0.0204. The lowest BCUT2D eigenvalue weighted by Gasteiger charge is -2.32. The molecule has 0 atom stereocenters. The van der Waals surface area contributed by atoms with Gasteiger partial charge in [-0.25, -0.2) is 0 Å². The Bertz CT molecular complexity index is 2810. The number of carbonyl (C=O) groups is 2. The van der Waals surface area contributed by atoms with Crippen molar-refractivity contribution in [2.45, 2.75) is 5.41 Å². The van der Waals surface area contributed by atoms with Crippen molar-refractivity contribution in [1.82, 2.24) is 0 Å². The first-order valence-corrected chi connectivity index (χ1v) is 18.7. The number of para-hydroxylation sites is 1. The minimum atomic E-state index is -0.584. The zero-order valence-electron chi connectivity index (χ0n) is 28.4. The van der Waals surface area contributed by atoms with Crippen LogP contribution in [-0.2, 0) is 5.41 Å². The number of hydrogen-bond donors (Lipinski definition) is 0. The van der Waals surface area contributed by atoms with Crippen molar-refractivity contribution in [3.63, 3.8) is 0 Å². The molecule has 11 rings (SSSR count). The molecule has 1 spiro atoms. The average molecular weight is 696 g/mol. The Morgan fingerprint density at radius 1 is 0.434 bits per heavy atom. The highest BCUT2D eigenvalue weighted by Gasteiger charge is 2.52. The number of hydrogen-bond acceptors (Lipinski definition) is 4. The van der Waals surface area contributed by atoms with Crippen LogP contribution in [-0.4, -0.2) is 11.6 Å². The maximum Gasteiger partial charge on any atom is 0.197 e. The Kier molecular flexibility index (Phi) is 6.34. The summed E-state index contributed by atoms with van der Waals surface area (Å²) in [5.41, 5.74) is 12.4. The highest BCUT2D eigenvalue weighted by Crippen LogP contribution is 2.65. The molecule has 0 unspecified atom stereocenters. The Hall–Kier alpha value is -6.62. The van der Waals surface area contributed by atoms with E-state index in [2.05, 4.69) is 150 Å². The number of carbonyl (C=O) groups excluding carboxylic acids is 2. The van der Waals surface area contributed by atoms with Crippen molar-refractivity contribution in [3.05, 3.63) is 214 Å². The highest BCUT2D eigenvalue weighted by molar-refractivity contribution is 7.16. The van der Waals surface area contributed by atoms with E-state index in [1.165, 1.54) is 49.7 Å². The molecule has 0 radical (unpaired) electrons. The summed E-state index contributed by atoms with van der Waals surface area (Å²) in [4.78, 5) is 31.4. The molecule has 8 aromatic rings. The topological polar surface area (TPSA) is 37.4 Å². The molecule has 0 bridgehead atoms. The highest BCUT2D eigenvalue weighted by atomic mass is 32.1. The molecule has 1 heterocycles. The second-order valence-electron chi connectivity index (χ2n) is 13.9. The second kappa shape index (κ2) is 11.2. The largest absolute Gasteiger partial charge is 0.310 e. The van der Waals surface area contributed by atoms with Gasteiger partial charge in [-0.05, 0) is 98.3 Å². The number of nitrogens with zero attached hydrogens (tertiary/aromatic N) is 1. The van der Waals surface area contributed by atoms with E-state index in [4.69, 9.17) is 0 Å². The van der Waals surface area contributed by atoms with Crippen LogP contribution in [0.2, 0.25) is 0 Å². The molecule has 7 aromatic carbocycles. The third kappa shape index (κ3) is 4.15. The summed E-state index contributed by atoms with van der Waals surface area (Å²) < 4.78 is 0. The summed E-state index contributed by atoms with van der Waals surface area (Å²) >= 11 is 1.66. The summed E-state index contributed by atoms with van der Waals surface area (Å²) in [7, 11) is 0. The van der Waals surface area contributed by atoms with E-state index in [9.17, 15) is 9.59 Å². The zero-order chi connectivity index (χ0) is 35.3. The van der Waals surface area contributed by atoms with Crippen molar-refractivity contribution in [2.24, 2.45) is 0 Å². The number of fused-ring (bicyclic) bond motifs is 12. The number of ketones is 2. The van der Waals surface area contributed by atoms with Gasteiger partial charge in [0.25, 0.3) is 0 Å². The van der Waals surface area contributed by atoms with Gasteiger partial charge >= 0.3 is 0 Å². The lowest BCUT2D eigenvalue weighted by atomic mass is 9.71. The molecule has 0 saturated carbocycles. The van der Waals surface area contributed by atoms with Gasteiger partial charge < -0.3 is 4.90 Å². The summed E-state index contributed by atoms with van der Waals surface area (Å²) in [5, 5.41) is 2.39. The number of Topliss-reactive ketones (excluding diaryl/α,β-unsaturated/α-hetero) is 2. The maximum atomic E-state index is 13.5. The Balaban J connectivity index is 1.16. The first kappa shape index (κ1) is 30.0. The maximum absolute atomic E-state index is 13.5. The van der Waals surface area contributed by atoms with Gasteiger partial charge in [0, 0.05) is 37.9 Å². The van der Waals surface area contributed by atoms with Crippen LogP contribution in [0.1, 0.15) is 47.8 Å². The minimum absolute atomic E-state index is 0.204. The van der Waals surface area contributed by atoms with Gasteiger partial charge in [0.2, 0.25) is 0 Å². The van der Waals surface area contributed by atoms with Crippen molar-refractivity contribution in [2.75, 3.05) is 4.90 Å². The third-order valence-corrected chi connectivity index (χ3v) is 12.3. The van der Waals surface area contributed by atoms with Crippen LogP contribution in [0.4, 0.5) is 17.1 Å². The van der Waals surface area contributed by atoms with Crippen LogP contribution in [0.3, 0.4) is 0 Å². The molecule has 4 heteroatoms. The number of thiophene rings is 1. The summed E-state index contributed by atoms with van der Waals surface area (Å²) in [6.07, 6.45) is 1.82. The second-order valence-corrected chi connectivity index (χ2v) is 15.0. The molecule has 0 amide bonds. The Morgan fingerprint density at radius 3 is 1.70 bits per heavy atom. The fourth-order valence-electron chi connectivity index (χ4n) is 8.99. The number of rotatable bonds is 4. The van der Waals surface area contributed by atoms with Gasteiger partial charge in [0.1, 0.15) is 0 Å². The first-order chi connectivity index (χ1) is 26.1. The van der Waals surface area contributed by atoms with Crippen molar-refractivity contribution >= 4 is 56.8 Å². The molecule has 3 aliphatic rings. The fourth-order valence-corrected chi connectivity index (χ4v) is 10.2. The van der Waals surface area contributed by atoms with Crippen LogP contribution in [0, 0.1) is 0 Å². The molecule has 3 nitrogen and oxygen atoms in total. The molecular weight excluding hydrogens is 667 g/mol. The smallest absolute Gasteiger partial charge is 0.197 e. The molecular formula is C49H29NO2S. The first-order valence-electron chi connectivity index (χ1n) is 17.8. The molecule has 0 N–H and O–H groups in total. The molecule has 3 aliphatic carbocycles.